The van der Waals surface area contributed by atoms with Crippen LogP contribution in [0.4, 0.5) is 17.8 Å². The van der Waals surface area contributed by atoms with Gasteiger partial charge in [-0.2, -0.15) is 30.6 Å². The number of nitrogens with two attached hydrogens (primary N) is 3. The summed E-state index contributed by atoms with van der Waals surface area (Å²) in [6.07, 6.45) is 0. The molecule has 0 amide bonds. The van der Waals surface area contributed by atoms with E-state index in [1.165, 1.54) is 0 Å². The van der Waals surface area contributed by atoms with Crippen molar-refractivity contribution < 1.29 is 108 Å². The average molecular weight is 548 g/mol. The van der Waals surface area contributed by atoms with Crippen molar-refractivity contribution in [1.82, 2.24) is 15.0 Å². The van der Waals surface area contributed by atoms with Crippen LogP contribution >= 0.6 is 15.6 Å². The molecule has 0 saturated heterocycles. The fourth-order valence-electron chi connectivity index (χ4n) is 0.427. The molecule has 21 heteroatoms. The van der Waals surface area contributed by atoms with Crippen LogP contribution in [0, 0.1) is 0 Å². The van der Waals surface area contributed by atoms with Crippen molar-refractivity contribution in [3.05, 3.63) is 0 Å². The van der Waals surface area contributed by atoms with Gasteiger partial charge >= 0.3 is 58.4 Å². The van der Waals surface area contributed by atoms with Gasteiger partial charge in [0.15, 0.2) is 0 Å². The van der Waals surface area contributed by atoms with Crippen LogP contribution in [0.5, 0.6) is 0 Å². The van der Waals surface area contributed by atoms with Crippen LogP contribution in [0.3, 0.4) is 0 Å². The third-order valence-corrected chi connectivity index (χ3v) is 0.687. The molecule has 0 unspecified atom stereocenters. The van der Waals surface area contributed by atoms with Gasteiger partial charge in [-0.05, 0) is 0 Å². The van der Waals surface area contributed by atoms with E-state index in [0.29, 0.717) is 0 Å². The van der Waals surface area contributed by atoms with Crippen LogP contribution in [0.2, 0.25) is 0 Å². The van der Waals surface area contributed by atoms with Gasteiger partial charge < -0.3 is 66.6 Å². The van der Waals surface area contributed by atoms with Crippen LogP contribution in [0.25, 0.3) is 0 Å². The number of rotatable bonds is 0. The van der Waals surface area contributed by atoms with Crippen LogP contribution < -0.4 is 46.6 Å². The molecule has 24 heavy (non-hydrogen) atoms. The van der Waals surface area contributed by atoms with Gasteiger partial charge in [0.2, 0.25) is 17.8 Å². The Kier molecular flexibility index (Phi) is 36.3. The van der Waals surface area contributed by atoms with Crippen molar-refractivity contribution in [2.45, 2.75) is 0 Å². The maximum Gasteiger partial charge on any atom is 2.00 e. The van der Waals surface area contributed by atoms with Crippen LogP contribution in [0.1, 0.15) is 0 Å². The molecule has 1 rings (SSSR count). The first-order valence-corrected chi connectivity index (χ1v) is 6.59. The zero-order chi connectivity index (χ0) is 15.9. The maximum absolute atomic E-state index is 8.55. The zero-order valence-electron chi connectivity index (χ0n) is 11.9. The standard InChI is InChI=1S/C3H6N6.2H3O4P.2H2O.3Zn/c4-1-7-2(5)9-3(6)8-1;2*1-5(2,3)4;;;;;/h(H6,4,5,6,7,8,9);2*(H3,1,2,3,4);2*1H2;;;/q;;;;;3*+2/p-6. The molecule has 10 N–H and O–H groups in total. The van der Waals surface area contributed by atoms with E-state index in [2.05, 4.69) is 15.0 Å². The number of nitrogen functional groups attached to an aromatic ring is 3. The molecule has 0 aromatic carbocycles. The summed E-state index contributed by atoms with van der Waals surface area (Å²) in [7, 11) is -10.8. The molecular formula is C3H10N6O10P2Zn3. The Bertz CT molecular complexity index is 412. The smallest absolute Gasteiger partial charge is 0.822 e. The van der Waals surface area contributed by atoms with Crippen LogP contribution in [-0.2, 0) is 67.6 Å². The molecule has 0 spiro atoms. The van der Waals surface area contributed by atoms with Gasteiger partial charge in [-0.3, -0.25) is 0 Å². The Morgan fingerprint density at radius 1 is 0.583 bits per heavy atom. The molecule has 0 bridgehead atoms. The van der Waals surface area contributed by atoms with E-state index in [4.69, 9.17) is 55.7 Å². The number of aromatic nitrogens is 3. The first-order valence-electron chi connectivity index (χ1n) is 3.67. The fourth-order valence-corrected chi connectivity index (χ4v) is 0.427. The summed E-state index contributed by atoms with van der Waals surface area (Å²) in [4.78, 5) is 61.8. The molecule has 0 atom stereocenters. The summed E-state index contributed by atoms with van der Waals surface area (Å²) in [6, 6.07) is 0. The van der Waals surface area contributed by atoms with Gasteiger partial charge in [0.1, 0.15) is 0 Å². The molecular weight excluding hydrogens is 538 g/mol. The number of hydrogen-bond acceptors (Lipinski definition) is 14. The van der Waals surface area contributed by atoms with Crippen molar-refractivity contribution in [3.8, 4) is 0 Å². The van der Waals surface area contributed by atoms with Gasteiger partial charge in [-0.15, -0.1) is 0 Å². The van der Waals surface area contributed by atoms with Crippen molar-refractivity contribution in [2.75, 3.05) is 17.2 Å². The first kappa shape index (κ1) is 44.1. The van der Waals surface area contributed by atoms with Gasteiger partial charge in [0.25, 0.3) is 0 Å². The van der Waals surface area contributed by atoms with Gasteiger partial charge in [-0.1, -0.05) is 0 Å². The minimum Gasteiger partial charge on any atom is -0.822 e. The van der Waals surface area contributed by atoms with Gasteiger partial charge in [0, 0.05) is 0 Å². The fraction of sp³-hybridized carbons (Fsp3) is 0. The molecule has 128 valence electrons. The molecule has 0 fully saturated rings. The topological polar surface area (TPSA) is 352 Å². The molecule has 1 aromatic heterocycles. The predicted molar refractivity (Wildman–Crippen MR) is 55.5 cm³/mol. The minimum absolute atomic E-state index is 0. The number of phosphoric acid groups is 2. The summed E-state index contributed by atoms with van der Waals surface area (Å²) in [5, 5.41) is 0. The molecule has 1 aromatic rings. The quantitative estimate of drug-likeness (QED) is 0.200. The summed E-state index contributed by atoms with van der Waals surface area (Å²) in [5.41, 5.74) is 15.4. The van der Waals surface area contributed by atoms with Crippen molar-refractivity contribution >= 4 is 33.5 Å². The summed E-state index contributed by atoms with van der Waals surface area (Å²) in [6.45, 7) is 0. The van der Waals surface area contributed by atoms with E-state index in [9.17, 15) is 0 Å². The number of hydrogen-bond donors (Lipinski definition) is 3. The third kappa shape index (κ3) is 66.7. The monoisotopic (exact) mass is 544 g/mol. The average Bonchev–Trinajstić information content (AvgIpc) is 1.91. The normalized spacial score (nSPS) is 8.42. The Morgan fingerprint density at radius 3 is 0.750 bits per heavy atom. The Labute approximate surface area is 173 Å². The first-order chi connectivity index (χ1) is 8.18. The van der Waals surface area contributed by atoms with E-state index in [1.807, 2.05) is 0 Å². The van der Waals surface area contributed by atoms with Gasteiger partial charge in [0.05, 0.1) is 0 Å². The second-order valence-electron chi connectivity index (χ2n) is 2.30. The molecule has 0 aliphatic rings. The third-order valence-electron chi connectivity index (χ3n) is 0.687. The van der Waals surface area contributed by atoms with E-state index in [1.54, 1.807) is 0 Å². The van der Waals surface area contributed by atoms with Crippen molar-refractivity contribution in [3.63, 3.8) is 0 Å². The van der Waals surface area contributed by atoms with E-state index in [-0.39, 0.29) is 87.2 Å². The van der Waals surface area contributed by atoms with E-state index in [0.717, 1.165) is 0 Å². The number of nitrogens with zero attached hydrogens (tertiary/aromatic N) is 3. The Balaban J connectivity index is -0.0000000347. The van der Waals surface area contributed by atoms with Crippen LogP contribution in [0.15, 0.2) is 0 Å². The zero-order valence-corrected chi connectivity index (χ0v) is 22.5. The summed E-state index contributed by atoms with van der Waals surface area (Å²) < 4.78 is 17.1. The van der Waals surface area contributed by atoms with E-state index < -0.39 is 15.6 Å². The Morgan fingerprint density at radius 2 is 0.667 bits per heavy atom. The predicted octanol–water partition coefficient (Wildman–Crippen LogP) is -8.69. The molecule has 0 aliphatic carbocycles. The van der Waals surface area contributed by atoms with Crippen molar-refractivity contribution in [1.29, 1.82) is 0 Å². The van der Waals surface area contributed by atoms with E-state index >= 15 is 0 Å². The van der Waals surface area contributed by atoms with Crippen LogP contribution in [-0.4, -0.2) is 25.9 Å². The van der Waals surface area contributed by atoms with Crippen molar-refractivity contribution in [2.24, 2.45) is 0 Å². The summed E-state index contributed by atoms with van der Waals surface area (Å²) in [5.74, 6) is 0.125. The largest absolute Gasteiger partial charge is 2.00 e. The molecule has 16 nitrogen and oxygen atoms in total. The van der Waals surface area contributed by atoms with Gasteiger partial charge in [-0.25, -0.2) is 0 Å². The molecule has 0 radical (unpaired) electrons. The number of anilines is 3. The minimum atomic E-state index is -5.39. The molecule has 0 saturated carbocycles. The molecule has 0 aliphatic heterocycles. The SMILES string of the molecule is Nc1nc(N)nc(N)n1.O.O.O=P([O-])([O-])[O-].O=P([O-])([O-])[O-].[Zn+2].[Zn+2].[Zn+2]. The Hall–Kier alpha value is 0.420. The second kappa shape index (κ2) is 19.7. The second-order valence-corrected chi connectivity index (χ2v) is 4.09. The summed E-state index contributed by atoms with van der Waals surface area (Å²) >= 11 is 0. The maximum atomic E-state index is 8.55. The molecule has 1 heterocycles.